The van der Waals surface area contributed by atoms with Crippen LogP contribution in [0.1, 0.15) is 35.9 Å². The Hall–Kier alpha value is -1.44. The Kier molecular flexibility index (Phi) is 9.11. The molecule has 1 aliphatic heterocycles. The van der Waals surface area contributed by atoms with Crippen LogP contribution in [0.2, 0.25) is 0 Å². The Morgan fingerprint density at radius 3 is 2.52 bits per heavy atom. The monoisotopic (exact) mass is 483 g/mol. The summed E-state index contributed by atoms with van der Waals surface area (Å²) in [6.07, 6.45) is -0.632. The molecule has 5 nitrogen and oxygen atoms in total. The summed E-state index contributed by atoms with van der Waals surface area (Å²) < 4.78 is 12.7. The molecule has 158 valence electrons. The number of halogens is 2. The van der Waals surface area contributed by atoms with E-state index < -0.39 is 6.10 Å². The van der Waals surface area contributed by atoms with Crippen LogP contribution in [0.25, 0.3) is 0 Å². The topological polar surface area (TPSA) is 59.0 Å². The van der Waals surface area contributed by atoms with E-state index in [-0.39, 0.29) is 36.9 Å². The molecule has 0 aliphatic carbocycles. The summed E-state index contributed by atoms with van der Waals surface area (Å²) in [7, 11) is 0. The second kappa shape index (κ2) is 11.1. The number of ether oxygens (including phenoxy) is 2. The van der Waals surface area contributed by atoms with Gasteiger partial charge in [-0.15, -0.1) is 12.4 Å². The minimum atomic E-state index is -0.612. The molecule has 0 saturated carbocycles. The molecule has 7 heteroatoms. The zero-order chi connectivity index (χ0) is 20.1. The molecule has 3 rings (SSSR count). The second-order valence-electron chi connectivity index (χ2n) is 7.12. The number of ketones is 1. The predicted octanol–water partition coefficient (Wildman–Crippen LogP) is 4.28. The number of Topliss-reactive ketones (excluding diaryl/α,β-unsaturated/α-hetero) is 1. The van der Waals surface area contributed by atoms with Gasteiger partial charge >= 0.3 is 0 Å². The lowest BCUT2D eigenvalue weighted by atomic mass is 10.0. The van der Waals surface area contributed by atoms with Crippen LogP contribution in [0.3, 0.4) is 0 Å². The summed E-state index contributed by atoms with van der Waals surface area (Å²) in [5, 5.41) is 10.4. The SMILES string of the molecule is CC(=O)c1ccc(OCC(O)CN2CCOC(c3ccc(Br)cc3)C2C)cc1.Cl. The maximum atomic E-state index is 11.3. The lowest BCUT2D eigenvalue weighted by Crippen LogP contribution is -2.49. The third kappa shape index (κ3) is 6.52. The van der Waals surface area contributed by atoms with E-state index in [1.165, 1.54) is 6.92 Å². The maximum absolute atomic E-state index is 11.3. The van der Waals surface area contributed by atoms with Gasteiger partial charge in [0.1, 0.15) is 18.5 Å². The standard InChI is InChI=1S/C22H26BrNO4.ClH/c1-15-22(18-3-7-19(23)8-4-18)27-12-11-24(15)13-20(26)14-28-21-9-5-17(6-10-21)16(2)25;/h3-10,15,20,22,26H,11-14H2,1-2H3;1H. The fourth-order valence-corrected chi connectivity index (χ4v) is 3.68. The molecule has 1 heterocycles. The first-order valence-electron chi connectivity index (χ1n) is 9.47. The molecular formula is C22H27BrClNO4. The molecule has 0 amide bonds. The minimum Gasteiger partial charge on any atom is -0.491 e. The van der Waals surface area contributed by atoms with Gasteiger partial charge in [-0.25, -0.2) is 0 Å². The van der Waals surface area contributed by atoms with Crippen molar-refractivity contribution in [1.29, 1.82) is 0 Å². The van der Waals surface area contributed by atoms with E-state index in [4.69, 9.17) is 9.47 Å². The molecule has 2 aromatic carbocycles. The predicted molar refractivity (Wildman–Crippen MR) is 119 cm³/mol. The summed E-state index contributed by atoms with van der Waals surface area (Å²) in [4.78, 5) is 13.6. The molecule has 0 spiro atoms. The van der Waals surface area contributed by atoms with Crippen molar-refractivity contribution >= 4 is 34.1 Å². The first kappa shape index (κ1) is 23.8. The highest BCUT2D eigenvalue weighted by atomic mass is 79.9. The van der Waals surface area contributed by atoms with E-state index in [9.17, 15) is 9.90 Å². The van der Waals surface area contributed by atoms with Gasteiger partial charge in [-0.3, -0.25) is 9.69 Å². The normalized spacial score (nSPS) is 20.6. The van der Waals surface area contributed by atoms with Crippen LogP contribution in [-0.2, 0) is 4.74 Å². The van der Waals surface area contributed by atoms with E-state index in [1.54, 1.807) is 24.3 Å². The van der Waals surface area contributed by atoms with Gasteiger partial charge in [-0.05, 0) is 55.8 Å². The Morgan fingerprint density at radius 1 is 1.24 bits per heavy atom. The molecule has 29 heavy (non-hydrogen) atoms. The van der Waals surface area contributed by atoms with E-state index in [1.807, 2.05) is 12.1 Å². The Balaban J connectivity index is 0.00000300. The molecule has 2 aromatic rings. The van der Waals surface area contributed by atoms with Crippen LogP contribution in [0.15, 0.2) is 53.0 Å². The van der Waals surface area contributed by atoms with E-state index in [0.717, 1.165) is 16.6 Å². The van der Waals surface area contributed by atoms with E-state index in [0.29, 0.717) is 24.5 Å². The highest BCUT2D eigenvalue weighted by molar-refractivity contribution is 9.10. The summed E-state index contributed by atoms with van der Waals surface area (Å²) in [6.45, 7) is 5.78. The number of hydrogen-bond acceptors (Lipinski definition) is 5. The number of hydrogen-bond donors (Lipinski definition) is 1. The van der Waals surface area contributed by atoms with Gasteiger partial charge in [0.15, 0.2) is 5.78 Å². The quantitative estimate of drug-likeness (QED) is 0.595. The lowest BCUT2D eigenvalue weighted by molar-refractivity contribution is -0.0804. The van der Waals surface area contributed by atoms with E-state index in [2.05, 4.69) is 39.9 Å². The Bertz CT molecular complexity index is 784. The van der Waals surface area contributed by atoms with Crippen LogP contribution < -0.4 is 4.74 Å². The van der Waals surface area contributed by atoms with Gasteiger partial charge in [-0.1, -0.05) is 28.1 Å². The molecule has 0 aromatic heterocycles. The van der Waals surface area contributed by atoms with Gasteiger partial charge in [0.2, 0.25) is 0 Å². The zero-order valence-corrected chi connectivity index (χ0v) is 19.0. The van der Waals surface area contributed by atoms with Crippen LogP contribution >= 0.6 is 28.3 Å². The smallest absolute Gasteiger partial charge is 0.159 e. The summed E-state index contributed by atoms with van der Waals surface area (Å²) in [6, 6.07) is 15.3. The highest BCUT2D eigenvalue weighted by Crippen LogP contribution is 2.29. The number of benzene rings is 2. The number of rotatable bonds is 7. The third-order valence-electron chi connectivity index (χ3n) is 5.04. The number of morpholine rings is 1. The van der Waals surface area contributed by atoms with Gasteiger partial charge in [0.05, 0.1) is 12.7 Å². The van der Waals surface area contributed by atoms with Crippen LogP contribution in [-0.4, -0.2) is 54.2 Å². The van der Waals surface area contributed by atoms with Gasteiger partial charge in [0.25, 0.3) is 0 Å². The summed E-state index contributed by atoms with van der Waals surface area (Å²) >= 11 is 3.46. The molecular weight excluding hydrogens is 458 g/mol. The van der Waals surface area contributed by atoms with Crippen molar-refractivity contribution in [2.75, 3.05) is 26.3 Å². The molecule has 1 N–H and O–H groups in total. The van der Waals surface area contributed by atoms with Crippen LogP contribution in [0, 0.1) is 0 Å². The zero-order valence-electron chi connectivity index (χ0n) is 16.6. The number of aliphatic hydroxyl groups is 1. The van der Waals surface area contributed by atoms with Crippen molar-refractivity contribution in [3.63, 3.8) is 0 Å². The molecule has 3 atom stereocenters. The van der Waals surface area contributed by atoms with Crippen LogP contribution in [0.5, 0.6) is 5.75 Å². The average Bonchev–Trinajstić information content (AvgIpc) is 2.69. The molecule has 0 bridgehead atoms. The van der Waals surface area contributed by atoms with Crippen LogP contribution in [0.4, 0.5) is 0 Å². The second-order valence-corrected chi connectivity index (χ2v) is 8.04. The average molecular weight is 485 g/mol. The van der Waals surface area contributed by atoms with E-state index >= 15 is 0 Å². The minimum absolute atomic E-state index is 0. The largest absolute Gasteiger partial charge is 0.491 e. The van der Waals surface area contributed by atoms with Crippen molar-refractivity contribution in [3.8, 4) is 5.75 Å². The summed E-state index contributed by atoms with van der Waals surface area (Å²) in [5.74, 6) is 0.667. The Morgan fingerprint density at radius 2 is 1.90 bits per heavy atom. The molecule has 1 saturated heterocycles. The van der Waals surface area contributed by atoms with Crippen molar-refractivity contribution in [3.05, 3.63) is 64.1 Å². The third-order valence-corrected chi connectivity index (χ3v) is 5.57. The maximum Gasteiger partial charge on any atom is 0.159 e. The van der Waals surface area contributed by atoms with Gasteiger partial charge in [-0.2, -0.15) is 0 Å². The number of aliphatic hydroxyl groups excluding tert-OH is 1. The fraction of sp³-hybridized carbons (Fsp3) is 0.409. The molecule has 0 radical (unpaired) electrons. The Labute approximate surface area is 186 Å². The number of carbonyl (C=O) groups is 1. The first-order chi connectivity index (χ1) is 13.4. The van der Waals surface area contributed by atoms with Crippen molar-refractivity contribution in [2.24, 2.45) is 0 Å². The molecule has 1 aliphatic rings. The van der Waals surface area contributed by atoms with Crippen molar-refractivity contribution < 1.29 is 19.4 Å². The molecule has 1 fully saturated rings. The number of β-amino-alcohol motifs (C(OH)–C–C–N with tert-alkyl or cyclic N) is 1. The van der Waals surface area contributed by atoms with Crippen molar-refractivity contribution in [1.82, 2.24) is 4.90 Å². The lowest BCUT2D eigenvalue weighted by Gasteiger charge is -2.40. The van der Waals surface area contributed by atoms with Crippen molar-refractivity contribution in [2.45, 2.75) is 32.1 Å². The number of carbonyl (C=O) groups excluding carboxylic acids is 1. The summed E-state index contributed by atoms with van der Waals surface area (Å²) in [5.41, 5.74) is 1.78. The highest BCUT2D eigenvalue weighted by Gasteiger charge is 2.31. The fourth-order valence-electron chi connectivity index (χ4n) is 3.42. The first-order valence-corrected chi connectivity index (χ1v) is 10.3. The number of nitrogens with zero attached hydrogens (tertiary/aromatic N) is 1. The molecule has 3 unspecified atom stereocenters. The van der Waals surface area contributed by atoms with Gasteiger partial charge in [0, 0.05) is 29.2 Å². The van der Waals surface area contributed by atoms with Gasteiger partial charge < -0.3 is 14.6 Å².